The number of hydrogen-bond donors (Lipinski definition) is 8. The van der Waals surface area contributed by atoms with Crippen LogP contribution in [0.2, 0.25) is 0 Å². The summed E-state index contributed by atoms with van der Waals surface area (Å²) >= 11 is 0. The molecule has 0 unspecified atom stereocenters. The molecule has 0 bridgehead atoms. The summed E-state index contributed by atoms with van der Waals surface area (Å²) in [5, 5.41) is 25.2. The van der Waals surface area contributed by atoms with Gasteiger partial charge in [0.25, 0.3) is 0 Å². The van der Waals surface area contributed by atoms with Gasteiger partial charge in [-0.1, -0.05) is 13.8 Å². The summed E-state index contributed by atoms with van der Waals surface area (Å²) in [4.78, 5) is 46.5. The molecule has 0 aromatic heterocycles. The molecule has 0 aliphatic heterocycles. The van der Waals surface area contributed by atoms with Crippen LogP contribution in [0.3, 0.4) is 0 Å². The molecule has 0 saturated carbocycles. The lowest BCUT2D eigenvalue weighted by atomic mass is 10.0. The van der Waals surface area contributed by atoms with Crippen LogP contribution in [-0.4, -0.2) is 66.5 Å². The fourth-order valence-corrected chi connectivity index (χ4v) is 2.22. The SMILES string of the molecule is CC(C)C[C@H](N)C(=O)N[C@@H](CCCNC(=N)N)C(=O)NCC(=O)NCC(=O)O. The first-order valence-electron chi connectivity index (χ1n) is 8.93. The number of aliphatic carboxylic acids is 1. The number of amides is 3. The zero-order valence-electron chi connectivity index (χ0n) is 16.2. The van der Waals surface area contributed by atoms with E-state index in [1.54, 1.807) is 0 Å². The van der Waals surface area contributed by atoms with Crippen molar-refractivity contribution in [1.29, 1.82) is 5.41 Å². The molecule has 0 aliphatic rings. The molecular weight excluding hydrogens is 370 g/mol. The molecule has 0 fully saturated rings. The highest BCUT2D eigenvalue weighted by Crippen LogP contribution is 2.04. The number of carbonyl (C=O) groups excluding carboxylic acids is 3. The van der Waals surface area contributed by atoms with Gasteiger partial charge in [0.05, 0.1) is 12.6 Å². The van der Waals surface area contributed by atoms with Gasteiger partial charge in [0.2, 0.25) is 17.7 Å². The summed E-state index contributed by atoms with van der Waals surface area (Å²) < 4.78 is 0. The van der Waals surface area contributed by atoms with Crippen molar-refractivity contribution >= 4 is 29.7 Å². The van der Waals surface area contributed by atoms with Gasteiger partial charge in [0.1, 0.15) is 12.6 Å². The third kappa shape index (κ3) is 12.5. The molecule has 160 valence electrons. The van der Waals surface area contributed by atoms with E-state index in [9.17, 15) is 19.2 Å². The molecule has 0 rings (SSSR count). The van der Waals surface area contributed by atoms with E-state index in [4.69, 9.17) is 22.0 Å². The first kappa shape index (κ1) is 25.1. The Morgan fingerprint density at radius 1 is 1.04 bits per heavy atom. The number of nitrogens with two attached hydrogens (primary N) is 2. The summed E-state index contributed by atoms with van der Waals surface area (Å²) in [5.41, 5.74) is 11.0. The van der Waals surface area contributed by atoms with E-state index in [1.165, 1.54) is 0 Å². The Morgan fingerprint density at radius 3 is 2.21 bits per heavy atom. The smallest absolute Gasteiger partial charge is 0.322 e. The highest BCUT2D eigenvalue weighted by atomic mass is 16.4. The Labute approximate surface area is 163 Å². The largest absolute Gasteiger partial charge is 0.480 e. The van der Waals surface area contributed by atoms with Gasteiger partial charge < -0.3 is 37.8 Å². The van der Waals surface area contributed by atoms with Gasteiger partial charge in [0, 0.05) is 6.54 Å². The molecule has 10 N–H and O–H groups in total. The molecule has 3 amide bonds. The lowest BCUT2D eigenvalue weighted by Gasteiger charge is -2.21. The molecule has 12 nitrogen and oxygen atoms in total. The lowest BCUT2D eigenvalue weighted by molar-refractivity contribution is -0.138. The van der Waals surface area contributed by atoms with E-state index in [1.807, 2.05) is 13.8 Å². The normalized spacial score (nSPS) is 12.6. The van der Waals surface area contributed by atoms with E-state index < -0.39 is 48.9 Å². The first-order valence-corrected chi connectivity index (χ1v) is 8.93. The van der Waals surface area contributed by atoms with Crippen molar-refractivity contribution in [1.82, 2.24) is 21.3 Å². The minimum Gasteiger partial charge on any atom is -0.480 e. The van der Waals surface area contributed by atoms with Crippen LogP contribution in [0.25, 0.3) is 0 Å². The highest BCUT2D eigenvalue weighted by Gasteiger charge is 2.24. The number of guanidine groups is 1. The number of nitrogens with one attached hydrogen (secondary N) is 5. The fraction of sp³-hybridized carbons (Fsp3) is 0.688. The van der Waals surface area contributed by atoms with Crippen molar-refractivity contribution in [2.75, 3.05) is 19.6 Å². The van der Waals surface area contributed by atoms with Crippen LogP contribution in [0.1, 0.15) is 33.1 Å². The van der Waals surface area contributed by atoms with Crippen molar-refractivity contribution in [3.8, 4) is 0 Å². The maximum absolute atomic E-state index is 12.3. The second-order valence-electron chi connectivity index (χ2n) is 6.67. The molecule has 0 saturated heterocycles. The summed E-state index contributed by atoms with van der Waals surface area (Å²) in [6.45, 7) is 3.17. The van der Waals surface area contributed by atoms with Gasteiger partial charge in [-0.15, -0.1) is 0 Å². The predicted molar refractivity (Wildman–Crippen MR) is 102 cm³/mol. The monoisotopic (exact) mass is 401 g/mol. The predicted octanol–water partition coefficient (Wildman–Crippen LogP) is -2.58. The van der Waals surface area contributed by atoms with Crippen LogP contribution in [-0.2, 0) is 19.2 Å². The van der Waals surface area contributed by atoms with Crippen molar-refractivity contribution in [2.45, 2.75) is 45.2 Å². The quantitative estimate of drug-likeness (QED) is 0.0930. The van der Waals surface area contributed by atoms with Gasteiger partial charge in [0.15, 0.2) is 5.96 Å². The summed E-state index contributed by atoms with van der Waals surface area (Å²) in [6, 6.07) is -1.71. The van der Waals surface area contributed by atoms with E-state index >= 15 is 0 Å². The van der Waals surface area contributed by atoms with Crippen molar-refractivity contribution in [3.63, 3.8) is 0 Å². The molecule has 0 radical (unpaired) electrons. The van der Waals surface area contributed by atoms with Crippen molar-refractivity contribution in [3.05, 3.63) is 0 Å². The Morgan fingerprint density at radius 2 is 1.68 bits per heavy atom. The average molecular weight is 401 g/mol. The minimum absolute atomic E-state index is 0.200. The van der Waals surface area contributed by atoms with Gasteiger partial charge in [-0.05, 0) is 25.2 Å². The summed E-state index contributed by atoms with van der Waals surface area (Å²) in [7, 11) is 0. The van der Waals surface area contributed by atoms with E-state index in [-0.39, 0.29) is 18.3 Å². The van der Waals surface area contributed by atoms with Crippen LogP contribution in [0.5, 0.6) is 0 Å². The van der Waals surface area contributed by atoms with E-state index in [0.717, 1.165) is 0 Å². The molecule has 28 heavy (non-hydrogen) atoms. The van der Waals surface area contributed by atoms with Gasteiger partial charge in [-0.25, -0.2) is 0 Å². The number of hydrogen-bond acceptors (Lipinski definition) is 6. The molecule has 2 atom stereocenters. The second kappa shape index (κ2) is 13.3. The molecule has 0 spiro atoms. The van der Waals surface area contributed by atoms with Crippen LogP contribution < -0.4 is 32.7 Å². The van der Waals surface area contributed by atoms with Gasteiger partial charge in [-0.2, -0.15) is 0 Å². The molecular formula is C16H31N7O5. The second-order valence-corrected chi connectivity index (χ2v) is 6.67. The van der Waals surface area contributed by atoms with Crippen LogP contribution >= 0.6 is 0 Å². The van der Waals surface area contributed by atoms with Crippen LogP contribution in [0.4, 0.5) is 0 Å². The van der Waals surface area contributed by atoms with Crippen molar-refractivity contribution < 1.29 is 24.3 Å². The first-order chi connectivity index (χ1) is 13.0. The Hall–Kier alpha value is -2.89. The van der Waals surface area contributed by atoms with Gasteiger partial charge >= 0.3 is 5.97 Å². The topological polar surface area (TPSA) is 213 Å². The maximum atomic E-state index is 12.3. The third-order valence-corrected chi connectivity index (χ3v) is 3.54. The number of carboxylic acids is 1. The van der Waals surface area contributed by atoms with Crippen LogP contribution in [0.15, 0.2) is 0 Å². The Balaban J connectivity index is 4.73. The molecule has 0 aliphatic carbocycles. The van der Waals surface area contributed by atoms with E-state index in [0.29, 0.717) is 19.4 Å². The standard InChI is InChI=1S/C16H31N7O5/c1-9(2)6-10(17)14(27)23-11(4-3-5-20-16(18)19)15(28)22-7-12(24)21-8-13(25)26/h9-11H,3-8,17H2,1-2H3,(H,21,24)(H,22,28)(H,23,27)(H,25,26)(H4,18,19,20)/t10-,11-/m0/s1. The minimum atomic E-state index is -1.21. The van der Waals surface area contributed by atoms with Crippen molar-refractivity contribution in [2.24, 2.45) is 17.4 Å². The molecule has 0 aromatic carbocycles. The lowest BCUT2D eigenvalue weighted by Crippen LogP contribution is -2.53. The third-order valence-electron chi connectivity index (χ3n) is 3.54. The molecule has 12 heteroatoms. The Bertz CT molecular complexity index is 568. The van der Waals surface area contributed by atoms with E-state index in [2.05, 4.69) is 21.3 Å². The molecule has 0 aromatic rings. The zero-order valence-corrected chi connectivity index (χ0v) is 16.2. The average Bonchev–Trinajstić information content (AvgIpc) is 2.59. The summed E-state index contributed by atoms with van der Waals surface area (Å²) in [5.74, 6) is -2.97. The Kier molecular flexibility index (Phi) is 11.9. The fourth-order valence-electron chi connectivity index (χ4n) is 2.22. The number of rotatable bonds is 13. The number of carbonyl (C=O) groups is 4. The van der Waals surface area contributed by atoms with Crippen LogP contribution in [0, 0.1) is 11.3 Å². The molecule has 0 heterocycles. The zero-order chi connectivity index (χ0) is 21.7. The number of carboxylic acid groups (broad SMARTS) is 1. The summed E-state index contributed by atoms with van der Waals surface area (Å²) in [6.07, 6.45) is 1.09. The maximum Gasteiger partial charge on any atom is 0.322 e. The van der Waals surface area contributed by atoms with Gasteiger partial charge in [-0.3, -0.25) is 24.6 Å². The highest BCUT2D eigenvalue weighted by molar-refractivity contribution is 5.92.